The third-order valence-corrected chi connectivity index (χ3v) is 5.66. The van der Waals surface area contributed by atoms with Crippen molar-refractivity contribution in [1.82, 2.24) is 5.43 Å². The third kappa shape index (κ3) is 3.66. The number of benzene rings is 1. The van der Waals surface area contributed by atoms with Gasteiger partial charge in [-0.2, -0.15) is 0 Å². The van der Waals surface area contributed by atoms with Crippen LogP contribution in [0.4, 0.5) is 4.39 Å². The Kier molecular flexibility index (Phi) is 4.45. The van der Waals surface area contributed by atoms with Crippen LogP contribution in [0.15, 0.2) is 18.2 Å². The molecule has 1 heterocycles. The van der Waals surface area contributed by atoms with Crippen molar-refractivity contribution in [3.05, 3.63) is 34.6 Å². The van der Waals surface area contributed by atoms with E-state index in [1.807, 2.05) is 0 Å². The van der Waals surface area contributed by atoms with E-state index >= 15 is 0 Å². The lowest BCUT2D eigenvalue weighted by Gasteiger charge is -2.22. The van der Waals surface area contributed by atoms with Gasteiger partial charge in [-0.25, -0.2) is 12.8 Å². The van der Waals surface area contributed by atoms with Crippen LogP contribution in [0, 0.1) is 11.7 Å². The van der Waals surface area contributed by atoms with E-state index < -0.39 is 9.84 Å². The lowest BCUT2D eigenvalue weighted by molar-refractivity contribution is 0.385. The Morgan fingerprint density at radius 1 is 1.53 bits per heavy atom. The predicted molar refractivity (Wildman–Crippen MR) is 73.0 cm³/mol. The summed E-state index contributed by atoms with van der Waals surface area (Å²) >= 11 is 6.01. The van der Waals surface area contributed by atoms with Crippen LogP contribution in [0.1, 0.15) is 12.0 Å². The van der Waals surface area contributed by atoms with Crippen molar-refractivity contribution >= 4 is 21.4 Å². The van der Waals surface area contributed by atoms with Crippen LogP contribution < -0.4 is 11.3 Å². The quantitative estimate of drug-likeness (QED) is 0.649. The monoisotopic (exact) mass is 306 g/mol. The molecule has 0 aliphatic carbocycles. The van der Waals surface area contributed by atoms with Gasteiger partial charge in [0.15, 0.2) is 9.84 Å². The van der Waals surface area contributed by atoms with Gasteiger partial charge in [-0.05, 0) is 42.5 Å². The number of halogens is 2. The van der Waals surface area contributed by atoms with Gasteiger partial charge in [0.25, 0.3) is 0 Å². The molecule has 0 aromatic heterocycles. The molecule has 0 amide bonds. The molecule has 19 heavy (non-hydrogen) atoms. The summed E-state index contributed by atoms with van der Waals surface area (Å²) in [6, 6.07) is 3.91. The highest BCUT2D eigenvalue weighted by atomic mass is 35.5. The molecule has 0 radical (unpaired) electrons. The van der Waals surface area contributed by atoms with E-state index in [1.165, 1.54) is 18.2 Å². The van der Waals surface area contributed by atoms with Crippen molar-refractivity contribution in [2.75, 3.05) is 11.5 Å². The smallest absolute Gasteiger partial charge is 0.150 e. The summed E-state index contributed by atoms with van der Waals surface area (Å²) in [5.41, 5.74) is 3.26. The Morgan fingerprint density at radius 3 is 2.84 bits per heavy atom. The van der Waals surface area contributed by atoms with Gasteiger partial charge in [-0.3, -0.25) is 11.3 Å². The van der Waals surface area contributed by atoms with Crippen molar-refractivity contribution < 1.29 is 12.8 Å². The summed E-state index contributed by atoms with van der Waals surface area (Å²) in [6.45, 7) is 0. The maximum atomic E-state index is 13.2. The molecule has 2 unspecified atom stereocenters. The minimum absolute atomic E-state index is 0.0608. The highest BCUT2D eigenvalue weighted by Gasteiger charge is 2.33. The number of hydrogen-bond acceptors (Lipinski definition) is 4. The summed E-state index contributed by atoms with van der Waals surface area (Å²) in [5.74, 6) is 5.38. The lowest BCUT2D eigenvalue weighted by atomic mass is 9.93. The fourth-order valence-corrected chi connectivity index (χ4v) is 4.51. The van der Waals surface area contributed by atoms with E-state index in [0.29, 0.717) is 23.4 Å². The number of sulfone groups is 1. The first-order valence-corrected chi connectivity index (χ1v) is 8.21. The molecule has 2 atom stereocenters. The van der Waals surface area contributed by atoms with E-state index in [1.54, 1.807) is 0 Å². The van der Waals surface area contributed by atoms with Gasteiger partial charge in [0.05, 0.1) is 11.5 Å². The number of hydrazine groups is 1. The van der Waals surface area contributed by atoms with Crippen molar-refractivity contribution in [1.29, 1.82) is 0 Å². The van der Waals surface area contributed by atoms with Gasteiger partial charge in [-0.15, -0.1) is 0 Å². The first-order valence-electron chi connectivity index (χ1n) is 6.02. The highest BCUT2D eigenvalue weighted by molar-refractivity contribution is 7.91. The van der Waals surface area contributed by atoms with Crippen LogP contribution in [0.25, 0.3) is 0 Å². The zero-order valence-electron chi connectivity index (χ0n) is 10.3. The molecule has 106 valence electrons. The van der Waals surface area contributed by atoms with Crippen molar-refractivity contribution in [2.45, 2.75) is 18.9 Å². The van der Waals surface area contributed by atoms with Gasteiger partial charge in [0, 0.05) is 11.1 Å². The zero-order valence-corrected chi connectivity index (χ0v) is 11.8. The zero-order chi connectivity index (χ0) is 14.0. The molecular weight excluding hydrogens is 291 g/mol. The minimum Gasteiger partial charge on any atom is -0.271 e. The van der Waals surface area contributed by atoms with Crippen LogP contribution in [-0.2, 0) is 16.3 Å². The van der Waals surface area contributed by atoms with Gasteiger partial charge in [-0.1, -0.05) is 11.6 Å². The highest BCUT2D eigenvalue weighted by Crippen LogP contribution is 2.26. The Hall–Kier alpha value is -0.690. The van der Waals surface area contributed by atoms with E-state index in [2.05, 4.69) is 5.43 Å². The molecular formula is C12H16ClFN2O2S. The van der Waals surface area contributed by atoms with Crippen LogP contribution >= 0.6 is 11.6 Å². The fraction of sp³-hybridized carbons (Fsp3) is 0.500. The van der Waals surface area contributed by atoms with Gasteiger partial charge < -0.3 is 0 Å². The van der Waals surface area contributed by atoms with Crippen molar-refractivity contribution in [2.24, 2.45) is 11.8 Å². The summed E-state index contributed by atoms with van der Waals surface area (Å²) in [6.07, 6.45) is 0.984. The molecule has 0 saturated carbocycles. The van der Waals surface area contributed by atoms with Crippen molar-refractivity contribution in [3.63, 3.8) is 0 Å². The number of nitrogens with two attached hydrogens (primary N) is 1. The molecule has 1 saturated heterocycles. The molecule has 7 heteroatoms. The summed E-state index contributed by atoms with van der Waals surface area (Å²) in [7, 11) is -2.96. The average Bonchev–Trinajstić information content (AvgIpc) is 2.70. The Labute approximate surface area is 117 Å². The topological polar surface area (TPSA) is 72.2 Å². The lowest BCUT2D eigenvalue weighted by Crippen LogP contribution is -2.43. The van der Waals surface area contributed by atoms with Crippen LogP contribution in [0.5, 0.6) is 0 Å². The second-order valence-corrected chi connectivity index (χ2v) is 7.51. The average molecular weight is 307 g/mol. The minimum atomic E-state index is -2.96. The van der Waals surface area contributed by atoms with Crippen LogP contribution in [0.2, 0.25) is 5.02 Å². The SMILES string of the molecule is NNC(Cc1cc(F)ccc1Cl)C1CCS(=O)(=O)C1. The molecule has 1 aliphatic heterocycles. The Balaban J connectivity index is 2.13. The molecule has 1 aromatic carbocycles. The van der Waals surface area contributed by atoms with Crippen LogP contribution in [0.3, 0.4) is 0 Å². The maximum Gasteiger partial charge on any atom is 0.150 e. The molecule has 1 fully saturated rings. The van der Waals surface area contributed by atoms with Gasteiger partial charge in [0.2, 0.25) is 0 Å². The van der Waals surface area contributed by atoms with E-state index in [0.717, 1.165) is 0 Å². The molecule has 1 aliphatic rings. The molecule has 2 rings (SSSR count). The number of hydrogen-bond donors (Lipinski definition) is 2. The summed E-state index contributed by atoms with van der Waals surface area (Å²) in [4.78, 5) is 0. The van der Waals surface area contributed by atoms with Crippen LogP contribution in [-0.4, -0.2) is 26.0 Å². The largest absolute Gasteiger partial charge is 0.271 e. The molecule has 3 N–H and O–H groups in total. The first kappa shape index (κ1) is 14.7. The predicted octanol–water partition coefficient (Wildman–Crippen LogP) is 1.29. The second kappa shape index (κ2) is 5.75. The second-order valence-electron chi connectivity index (χ2n) is 4.88. The number of nitrogens with one attached hydrogen (secondary N) is 1. The Morgan fingerprint density at radius 2 is 2.26 bits per heavy atom. The standard InChI is InChI=1S/C12H16ClFN2O2S/c13-11-2-1-10(14)5-9(11)6-12(16-15)8-3-4-19(17,18)7-8/h1-2,5,8,12,16H,3-4,6-7,15H2. The maximum absolute atomic E-state index is 13.2. The third-order valence-electron chi connectivity index (χ3n) is 3.50. The summed E-state index contributed by atoms with van der Waals surface area (Å²) < 4.78 is 36.2. The molecule has 0 bridgehead atoms. The van der Waals surface area contributed by atoms with Gasteiger partial charge >= 0.3 is 0 Å². The molecule has 1 aromatic rings. The van der Waals surface area contributed by atoms with Gasteiger partial charge in [0.1, 0.15) is 5.82 Å². The normalized spacial score (nSPS) is 23.4. The van der Waals surface area contributed by atoms with Crippen molar-refractivity contribution in [3.8, 4) is 0 Å². The Bertz CT molecular complexity index is 565. The van der Waals surface area contributed by atoms with E-state index in [-0.39, 0.29) is 29.3 Å². The van der Waals surface area contributed by atoms with E-state index in [9.17, 15) is 12.8 Å². The molecule has 4 nitrogen and oxygen atoms in total. The van der Waals surface area contributed by atoms with E-state index in [4.69, 9.17) is 17.4 Å². The first-order chi connectivity index (χ1) is 8.91. The summed E-state index contributed by atoms with van der Waals surface area (Å²) in [5, 5.41) is 0.461. The number of rotatable bonds is 4. The fourth-order valence-electron chi connectivity index (χ4n) is 2.44. The molecule has 0 spiro atoms.